The second-order valence-corrected chi connectivity index (χ2v) is 5.68. The van der Waals surface area contributed by atoms with Crippen LogP contribution in [0.5, 0.6) is 0 Å². The Morgan fingerprint density at radius 3 is 2.89 bits per heavy atom. The number of aromatic amines is 1. The maximum Gasteiger partial charge on any atom is 0.270 e. The fraction of sp³-hybridized carbons (Fsp3) is 0.364. The van der Waals surface area contributed by atoms with Crippen molar-refractivity contribution in [3.05, 3.63) is 22.3 Å². The van der Waals surface area contributed by atoms with E-state index in [2.05, 4.69) is 25.1 Å². The molecule has 0 atom stereocenters. The van der Waals surface area contributed by atoms with Gasteiger partial charge in [0, 0.05) is 5.41 Å². The van der Waals surface area contributed by atoms with Crippen LogP contribution in [-0.2, 0) is 5.41 Å². The van der Waals surface area contributed by atoms with E-state index in [1.54, 1.807) is 0 Å². The highest BCUT2D eigenvalue weighted by molar-refractivity contribution is 7.08. The third-order valence-corrected chi connectivity index (χ3v) is 3.13. The Hall–Kier alpha value is -2.27. The molecule has 0 unspecified atom stereocenters. The van der Waals surface area contributed by atoms with E-state index in [4.69, 9.17) is 5.26 Å². The number of nitrogens with one attached hydrogen (secondary N) is 2. The van der Waals surface area contributed by atoms with Crippen molar-refractivity contribution in [1.29, 1.82) is 5.26 Å². The number of nitrogens with zero attached hydrogens (tertiary/aromatic N) is 4. The highest BCUT2D eigenvalue weighted by Crippen LogP contribution is 2.26. The highest BCUT2D eigenvalue weighted by Gasteiger charge is 2.26. The Morgan fingerprint density at radius 2 is 2.26 bits per heavy atom. The van der Waals surface area contributed by atoms with Crippen LogP contribution in [0, 0.1) is 11.3 Å². The van der Waals surface area contributed by atoms with E-state index in [0.717, 1.165) is 11.5 Å². The molecule has 0 saturated heterocycles. The summed E-state index contributed by atoms with van der Waals surface area (Å²) in [7, 11) is 0. The number of carbonyl (C=O) groups is 1. The molecular weight excluding hydrogens is 264 g/mol. The van der Waals surface area contributed by atoms with E-state index >= 15 is 0 Å². The predicted molar refractivity (Wildman–Crippen MR) is 69.9 cm³/mol. The molecule has 2 N–H and O–H groups in total. The van der Waals surface area contributed by atoms with Crippen LogP contribution in [0.3, 0.4) is 0 Å². The molecule has 0 aliphatic heterocycles. The van der Waals surface area contributed by atoms with Gasteiger partial charge in [-0.3, -0.25) is 9.89 Å². The molecular formula is C11H12N6OS. The molecule has 0 bridgehead atoms. The number of aromatic nitrogens is 4. The topological polar surface area (TPSA) is 107 Å². The van der Waals surface area contributed by atoms with Crippen molar-refractivity contribution in [2.75, 3.05) is 5.32 Å². The average molecular weight is 276 g/mol. The number of rotatable bonds is 2. The molecule has 2 rings (SSSR count). The molecule has 0 spiro atoms. The van der Waals surface area contributed by atoms with Crippen molar-refractivity contribution in [2.45, 2.75) is 26.2 Å². The van der Waals surface area contributed by atoms with Crippen LogP contribution in [-0.4, -0.2) is 25.7 Å². The predicted octanol–water partition coefficient (Wildman–Crippen LogP) is 1.68. The second-order valence-electron chi connectivity index (χ2n) is 4.93. The molecule has 2 aromatic heterocycles. The number of hydrogen-bond donors (Lipinski definition) is 2. The minimum absolute atomic E-state index is 0.272. The molecule has 2 heterocycles. The Labute approximate surface area is 113 Å². The Bertz CT molecular complexity index is 645. The van der Waals surface area contributed by atoms with Gasteiger partial charge in [0.2, 0.25) is 0 Å². The Kier molecular flexibility index (Phi) is 3.31. The maximum absolute atomic E-state index is 12.2. The van der Waals surface area contributed by atoms with Crippen molar-refractivity contribution in [1.82, 2.24) is 19.8 Å². The van der Waals surface area contributed by atoms with Gasteiger partial charge in [0.15, 0.2) is 0 Å². The first-order valence-corrected chi connectivity index (χ1v) is 6.28. The molecule has 7 nitrogen and oxygen atoms in total. The summed E-state index contributed by atoms with van der Waals surface area (Å²) in [5.74, 6) is -0.0681. The van der Waals surface area contributed by atoms with Crippen molar-refractivity contribution in [2.24, 2.45) is 0 Å². The molecule has 0 radical (unpaired) electrons. The molecule has 0 fully saturated rings. The summed E-state index contributed by atoms with van der Waals surface area (Å²) in [6, 6.07) is 1.93. The molecule has 8 heteroatoms. The van der Waals surface area contributed by atoms with Crippen LogP contribution < -0.4 is 5.32 Å². The van der Waals surface area contributed by atoms with E-state index in [0.29, 0.717) is 10.6 Å². The molecule has 1 amide bonds. The van der Waals surface area contributed by atoms with Crippen LogP contribution in [0.4, 0.5) is 5.82 Å². The largest absolute Gasteiger partial charge is 0.305 e. The normalized spacial score (nSPS) is 11.1. The van der Waals surface area contributed by atoms with Crippen LogP contribution in [0.2, 0.25) is 0 Å². The van der Waals surface area contributed by atoms with E-state index in [1.165, 1.54) is 6.20 Å². The number of anilines is 1. The van der Waals surface area contributed by atoms with Crippen LogP contribution in [0.15, 0.2) is 6.20 Å². The minimum Gasteiger partial charge on any atom is -0.305 e. The summed E-state index contributed by atoms with van der Waals surface area (Å²) in [6.45, 7) is 5.87. The van der Waals surface area contributed by atoms with Gasteiger partial charge in [0.25, 0.3) is 5.91 Å². The minimum atomic E-state index is -0.347. The quantitative estimate of drug-likeness (QED) is 0.867. The molecule has 0 saturated carbocycles. The third kappa shape index (κ3) is 2.61. The Balaban J connectivity index is 2.27. The van der Waals surface area contributed by atoms with Gasteiger partial charge in [-0.1, -0.05) is 25.3 Å². The van der Waals surface area contributed by atoms with Crippen molar-refractivity contribution < 1.29 is 4.79 Å². The lowest BCUT2D eigenvalue weighted by Gasteiger charge is -2.15. The zero-order chi connectivity index (χ0) is 14.0. The van der Waals surface area contributed by atoms with E-state index in [-0.39, 0.29) is 22.7 Å². The molecule has 2 aromatic rings. The van der Waals surface area contributed by atoms with Crippen molar-refractivity contribution in [3.8, 4) is 6.07 Å². The van der Waals surface area contributed by atoms with E-state index in [1.807, 2.05) is 26.8 Å². The Morgan fingerprint density at radius 1 is 1.53 bits per heavy atom. The number of amides is 1. The van der Waals surface area contributed by atoms with Gasteiger partial charge in [0.05, 0.1) is 11.9 Å². The number of hydrogen-bond acceptors (Lipinski definition) is 6. The zero-order valence-electron chi connectivity index (χ0n) is 10.7. The molecule has 0 aromatic carbocycles. The highest BCUT2D eigenvalue weighted by atomic mass is 32.1. The van der Waals surface area contributed by atoms with Crippen molar-refractivity contribution >= 4 is 23.3 Å². The first kappa shape index (κ1) is 13.2. The van der Waals surface area contributed by atoms with Gasteiger partial charge in [-0.05, 0) is 11.5 Å². The van der Waals surface area contributed by atoms with Gasteiger partial charge in [-0.25, -0.2) is 0 Å². The van der Waals surface area contributed by atoms with Crippen LogP contribution in [0.1, 0.15) is 41.7 Å². The van der Waals surface area contributed by atoms with Gasteiger partial charge in [-0.2, -0.15) is 10.4 Å². The van der Waals surface area contributed by atoms with Crippen LogP contribution in [0.25, 0.3) is 0 Å². The summed E-state index contributed by atoms with van der Waals surface area (Å²) in [5, 5.41) is 21.7. The van der Waals surface area contributed by atoms with E-state index < -0.39 is 0 Å². The lowest BCUT2D eigenvalue weighted by Crippen LogP contribution is -2.20. The number of carbonyl (C=O) groups excluding carboxylic acids is 1. The zero-order valence-corrected chi connectivity index (χ0v) is 11.5. The fourth-order valence-electron chi connectivity index (χ4n) is 1.47. The summed E-state index contributed by atoms with van der Waals surface area (Å²) in [5.41, 5.74) is 0.641. The summed E-state index contributed by atoms with van der Waals surface area (Å²) in [6.07, 6.45) is 1.35. The summed E-state index contributed by atoms with van der Waals surface area (Å²) < 4.78 is 3.82. The first-order valence-electron chi connectivity index (χ1n) is 5.51. The SMILES string of the molecule is CC(C)(C)c1nnsc1C(=O)Nc1[nH]ncc1C#N. The summed E-state index contributed by atoms with van der Waals surface area (Å²) in [4.78, 5) is 12.6. The smallest absolute Gasteiger partial charge is 0.270 e. The number of nitriles is 1. The first-order chi connectivity index (χ1) is 8.93. The van der Waals surface area contributed by atoms with E-state index in [9.17, 15) is 4.79 Å². The van der Waals surface area contributed by atoms with Crippen molar-refractivity contribution in [3.63, 3.8) is 0 Å². The number of H-pyrrole nitrogens is 1. The average Bonchev–Trinajstić information content (AvgIpc) is 2.95. The molecule has 0 aliphatic rings. The van der Waals surface area contributed by atoms with Gasteiger partial charge < -0.3 is 5.32 Å². The van der Waals surface area contributed by atoms with Gasteiger partial charge >= 0.3 is 0 Å². The monoisotopic (exact) mass is 276 g/mol. The lowest BCUT2D eigenvalue weighted by atomic mass is 9.91. The molecule has 98 valence electrons. The van der Waals surface area contributed by atoms with Gasteiger partial charge in [0.1, 0.15) is 22.3 Å². The molecule has 0 aliphatic carbocycles. The van der Waals surface area contributed by atoms with Gasteiger partial charge in [-0.15, -0.1) is 5.10 Å². The fourth-order valence-corrected chi connectivity index (χ4v) is 2.24. The summed E-state index contributed by atoms with van der Waals surface area (Å²) >= 11 is 1.03. The standard InChI is InChI=1S/C11H12N6OS/c1-11(2,3)8-7(19-17-15-8)10(18)14-9-6(4-12)5-13-16-9/h5H,1-3H3,(H2,13,14,16,18). The second kappa shape index (κ2) is 4.78. The molecule has 19 heavy (non-hydrogen) atoms. The lowest BCUT2D eigenvalue weighted by molar-refractivity contribution is 0.102. The van der Waals surface area contributed by atoms with Crippen LogP contribution >= 0.6 is 11.5 Å². The third-order valence-electron chi connectivity index (χ3n) is 2.40. The maximum atomic E-state index is 12.2.